The van der Waals surface area contributed by atoms with Crippen LogP contribution in [0, 0.1) is 6.92 Å². The largest absolute Gasteiger partial charge is 0.287 e. The van der Waals surface area contributed by atoms with Crippen LogP contribution in [0.25, 0.3) is 5.65 Å². The molecule has 0 amide bonds. The topological polar surface area (TPSA) is 17.3 Å². The van der Waals surface area contributed by atoms with Gasteiger partial charge in [0, 0.05) is 10.2 Å². The number of aryl methyl sites for hydroxylation is 1. The molecule has 2 heterocycles. The molecule has 2 aromatic rings. The molecular weight excluding hydrogens is 239 g/mol. The normalized spacial score (nSPS) is 10.9. The van der Waals surface area contributed by atoms with E-state index in [0.717, 1.165) is 15.8 Å². The fourth-order valence-corrected chi connectivity index (χ4v) is 1.74. The first-order valence-electron chi connectivity index (χ1n) is 3.48. The van der Waals surface area contributed by atoms with E-state index in [2.05, 4.69) is 20.9 Å². The molecule has 0 spiro atoms. The first kappa shape index (κ1) is 8.08. The maximum Gasteiger partial charge on any atom is 0.138 e. The summed E-state index contributed by atoms with van der Waals surface area (Å²) in [5.74, 6) is 0. The third-order valence-electron chi connectivity index (χ3n) is 1.81. The van der Waals surface area contributed by atoms with Crippen LogP contribution in [0.3, 0.4) is 0 Å². The van der Waals surface area contributed by atoms with Gasteiger partial charge in [-0.15, -0.1) is 0 Å². The Morgan fingerprint density at radius 3 is 3.00 bits per heavy atom. The molecule has 0 atom stereocenters. The van der Waals surface area contributed by atoms with E-state index in [0.29, 0.717) is 5.15 Å². The van der Waals surface area contributed by atoms with Crippen molar-refractivity contribution in [2.75, 3.05) is 0 Å². The number of hydrogen-bond acceptors (Lipinski definition) is 1. The van der Waals surface area contributed by atoms with Crippen LogP contribution in [0.1, 0.15) is 5.69 Å². The van der Waals surface area contributed by atoms with Gasteiger partial charge in [0.05, 0.1) is 6.20 Å². The minimum Gasteiger partial charge on any atom is -0.287 e. The summed E-state index contributed by atoms with van der Waals surface area (Å²) in [5, 5.41) is 0.642. The van der Waals surface area contributed by atoms with E-state index in [4.69, 9.17) is 11.6 Å². The van der Waals surface area contributed by atoms with Crippen LogP contribution < -0.4 is 0 Å². The van der Waals surface area contributed by atoms with Crippen molar-refractivity contribution in [1.29, 1.82) is 0 Å². The Hall–Kier alpha value is -0.540. The minimum absolute atomic E-state index is 0.642. The highest BCUT2D eigenvalue weighted by molar-refractivity contribution is 9.10. The molecule has 2 aromatic heterocycles. The van der Waals surface area contributed by atoms with Crippen LogP contribution in [-0.4, -0.2) is 9.38 Å². The lowest BCUT2D eigenvalue weighted by molar-refractivity contribution is 1.08. The van der Waals surface area contributed by atoms with E-state index >= 15 is 0 Å². The second kappa shape index (κ2) is 2.75. The van der Waals surface area contributed by atoms with Gasteiger partial charge in [-0.05, 0) is 35.0 Å². The van der Waals surface area contributed by atoms with Crippen LogP contribution in [0.5, 0.6) is 0 Å². The highest BCUT2D eigenvalue weighted by Gasteiger charge is 2.04. The van der Waals surface area contributed by atoms with Gasteiger partial charge < -0.3 is 0 Å². The standard InChI is InChI=1S/C8H6BrClN2/c1-5-6(9)2-3-8-11-4-7(10)12(5)8/h2-4H,1H3. The highest BCUT2D eigenvalue weighted by atomic mass is 79.9. The summed E-state index contributed by atoms with van der Waals surface area (Å²) in [4.78, 5) is 4.13. The molecule has 62 valence electrons. The SMILES string of the molecule is Cc1c(Br)ccc2ncc(Cl)n12. The Balaban J connectivity index is 2.96. The lowest BCUT2D eigenvalue weighted by Crippen LogP contribution is -1.91. The van der Waals surface area contributed by atoms with Gasteiger partial charge in [0.15, 0.2) is 0 Å². The predicted molar refractivity (Wildman–Crippen MR) is 52.6 cm³/mol. The number of halogens is 2. The van der Waals surface area contributed by atoms with Crippen molar-refractivity contribution in [1.82, 2.24) is 9.38 Å². The van der Waals surface area contributed by atoms with E-state index in [-0.39, 0.29) is 0 Å². The maximum absolute atomic E-state index is 5.93. The number of nitrogens with zero attached hydrogens (tertiary/aromatic N) is 2. The van der Waals surface area contributed by atoms with Crippen molar-refractivity contribution in [2.45, 2.75) is 6.92 Å². The molecule has 0 aliphatic rings. The molecule has 0 unspecified atom stereocenters. The summed E-state index contributed by atoms with van der Waals surface area (Å²) >= 11 is 9.36. The molecule has 0 aliphatic carbocycles. The van der Waals surface area contributed by atoms with Crippen LogP contribution in [0.2, 0.25) is 5.15 Å². The molecule has 0 bridgehead atoms. The van der Waals surface area contributed by atoms with Crippen molar-refractivity contribution in [3.63, 3.8) is 0 Å². The molecule has 2 rings (SSSR count). The lowest BCUT2D eigenvalue weighted by Gasteiger charge is -2.02. The molecular formula is C8H6BrClN2. The third kappa shape index (κ3) is 1.04. The number of rotatable bonds is 0. The molecule has 0 saturated heterocycles. The summed E-state index contributed by atoms with van der Waals surface area (Å²) < 4.78 is 2.93. The van der Waals surface area contributed by atoms with Crippen LogP contribution in [0.15, 0.2) is 22.8 Å². The van der Waals surface area contributed by atoms with Gasteiger partial charge in [-0.25, -0.2) is 4.98 Å². The van der Waals surface area contributed by atoms with Crippen molar-refractivity contribution >= 4 is 33.2 Å². The Morgan fingerprint density at radius 1 is 1.50 bits per heavy atom. The Bertz CT molecular complexity index is 436. The lowest BCUT2D eigenvalue weighted by atomic mass is 10.4. The summed E-state index contributed by atoms with van der Waals surface area (Å²) in [5.41, 5.74) is 1.94. The second-order valence-electron chi connectivity index (χ2n) is 2.54. The van der Waals surface area contributed by atoms with Gasteiger partial charge in [-0.2, -0.15) is 0 Å². The number of aromatic nitrogens is 2. The fraction of sp³-hybridized carbons (Fsp3) is 0.125. The zero-order valence-corrected chi connectivity index (χ0v) is 8.72. The summed E-state index contributed by atoms with van der Waals surface area (Å²) in [7, 11) is 0. The Kier molecular flexibility index (Phi) is 1.85. The van der Waals surface area contributed by atoms with Crippen LogP contribution in [0.4, 0.5) is 0 Å². The maximum atomic E-state index is 5.93. The van der Waals surface area contributed by atoms with Crippen molar-refractivity contribution in [2.24, 2.45) is 0 Å². The van der Waals surface area contributed by atoms with E-state index in [1.165, 1.54) is 0 Å². The highest BCUT2D eigenvalue weighted by Crippen LogP contribution is 2.21. The Morgan fingerprint density at radius 2 is 2.25 bits per heavy atom. The van der Waals surface area contributed by atoms with E-state index < -0.39 is 0 Å². The molecule has 0 saturated carbocycles. The zero-order chi connectivity index (χ0) is 8.72. The molecule has 0 N–H and O–H groups in total. The zero-order valence-electron chi connectivity index (χ0n) is 6.38. The first-order chi connectivity index (χ1) is 5.70. The molecule has 12 heavy (non-hydrogen) atoms. The predicted octanol–water partition coefficient (Wildman–Crippen LogP) is 3.06. The average Bonchev–Trinajstić information content (AvgIpc) is 2.41. The van der Waals surface area contributed by atoms with Crippen LogP contribution >= 0.6 is 27.5 Å². The molecule has 0 aliphatic heterocycles. The first-order valence-corrected chi connectivity index (χ1v) is 4.65. The van der Waals surface area contributed by atoms with E-state index in [1.807, 2.05) is 23.5 Å². The summed E-state index contributed by atoms with van der Waals surface area (Å²) in [6, 6.07) is 3.89. The van der Waals surface area contributed by atoms with Gasteiger partial charge in [-0.3, -0.25) is 4.40 Å². The van der Waals surface area contributed by atoms with Gasteiger partial charge in [0.25, 0.3) is 0 Å². The average molecular weight is 246 g/mol. The van der Waals surface area contributed by atoms with E-state index in [1.54, 1.807) is 6.20 Å². The number of fused-ring (bicyclic) bond motifs is 1. The second-order valence-corrected chi connectivity index (χ2v) is 3.78. The molecule has 0 fully saturated rings. The summed E-state index contributed by atoms with van der Waals surface area (Å²) in [6.07, 6.45) is 1.65. The van der Waals surface area contributed by atoms with Gasteiger partial charge in [-0.1, -0.05) is 11.6 Å². The molecule has 0 radical (unpaired) electrons. The molecule has 2 nitrogen and oxygen atoms in total. The fourth-order valence-electron chi connectivity index (χ4n) is 1.17. The molecule has 4 heteroatoms. The van der Waals surface area contributed by atoms with Crippen molar-refractivity contribution < 1.29 is 0 Å². The number of hydrogen-bond donors (Lipinski definition) is 0. The van der Waals surface area contributed by atoms with Gasteiger partial charge in [0.1, 0.15) is 10.8 Å². The number of imidazole rings is 1. The van der Waals surface area contributed by atoms with Gasteiger partial charge in [0.2, 0.25) is 0 Å². The molecule has 0 aromatic carbocycles. The van der Waals surface area contributed by atoms with Gasteiger partial charge >= 0.3 is 0 Å². The summed E-state index contributed by atoms with van der Waals surface area (Å²) in [6.45, 7) is 1.99. The quantitative estimate of drug-likeness (QED) is 0.697. The third-order valence-corrected chi connectivity index (χ3v) is 2.91. The smallest absolute Gasteiger partial charge is 0.138 e. The van der Waals surface area contributed by atoms with Crippen molar-refractivity contribution in [3.05, 3.63) is 33.6 Å². The monoisotopic (exact) mass is 244 g/mol. The Labute approximate surface area is 83.3 Å². The number of pyridine rings is 1. The van der Waals surface area contributed by atoms with E-state index in [9.17, 15) is 0 Å². The van der Waals surface area contributed by atoms with Crippen LogP contribution in [-0.2, 0) is 0 Å². The minimum atomic E-state index is 0.642. The van der Waals surface area contributed by atoms with Crippen molar-refractivity contribution in [3.8, 4) is 0 Å².